The summed E-state index contributed by atoms with van der Waals surface area (Å²) in [5.74, 6) is 0.741. The highest BCUT2D eigenvalue weighted by Crippen LogP contribution is 2.19. The van der Waals surface area contributed by atoms with Gasteiger partial charge in [0.25, 0.3) is 5.56 Å². The molecule has 0 amide bonds. The van der Waals surface area contributed by atoms with Crippen molar-refractivity contribution in [1.29, 1.82) is 0 Å². The summed E-state index contributed by atoms with van der Waals surface area (Å²) < 4.78 is 0. The highest BCUT2D eigenvalue weighted by molar-refractivity contribution is 5.54. The first-order valence-corrected chi connectivity index (χ1v) is 6.62. The Balaban J connectivity index is 1.67. The molecule has 1 fully saturated rings. The van der Waals surface area contributed by atoms with Crippen LogP contribution in [0.25, 0.3) is 0 Å². The predicted octanol–water partition coefficient (Wildman–Crippen LogP) is 0.679. The van der Waals surface area contributed by atoms with Crippen LogP contribution >= 0.6 is 0 Å². The van der Waals surface area contributed by atoms with Crippen molar-refractivity contribution in [1.82, 2.24) is 9.97 Å². The Hall–Kier alpha value is -2.50. The second-order valence-corrected chi connectivity index (χ2v) is 4.83. The summed E-state index contributed by atoms with van der Waals surface area (Å²) in [5, 5.41) is 0. The van der Waals surface area contributed by atoms with Gasteiger partial charge in [-0.2, -0.15) is 0 Å². The van der Waals surface area contributed by atoms with E-state index in [1.807, 2.05) is 24.3 Å². The van der Waals surface area contributed by atoms with Crippen molar-refractivity contribution in [3.63, 3.8) is 0 Å². The Kier molecular flexibility index (Phi) is 3.28. The highest BCUT2D eigenvalue weighted by Gasteiger charge is 2.18. The molecule has 0 bridgehead atoms. The smallest absolute Gasteiger partial charge is 0.252 e. The van der Waals surface area contributed by atoms with E-state index < -0.39 is 0 Å². The maximum absolute atomic E-state index is 11.3. The molecule has 20 heavy (non-hydrogen) atoms. The first-order valence-electron chi connectivity index (χ1n) is 6.62. The molecular formula is C14H17N5O. The SMILES string of the molecule is Nc1ccc(N2CCN(c3cc(=O)[nH]cn3)CC2)cc1. The summed E-state index contributed by atoms with van der Waals surface area (Å²) >= 11 is 0. The van der Waals surface area contributed by atoms with E-state index in [1.54, 1.807) is 6.07 Å². The number of H-pyrrole nitrogens is 1. The summed E-state index contributed by atoms with van der Waals surface area (Å²) in [7, 11) is 0. The fourth-order valence-electron chi connectivity index (χ4n) is 2.41. The molecule has 6 nitrogen and oxygen atoms in total. The van der Waals surface area contributed by atoms with Gasteiger partial charge in [0.15, 0.2) is 0 Å². The van der Waals surface area contributed by atoms with Gasteiger partial charge < -0.3 is 20.5 Å². The van der Waals surface area contributed by atoms with Crippen LogP contribution in [0.1, 0.15) is 0 Å². The van der Waals surface area contributed by atoms with E-state index in [9.17, 15) is 4.79 Å². The summed E-state index contributed by atoms with van der Waals surface area (Å²) in [4.78, 5) is 22.5. The van der Waals surface area contributed by atoms with Gasteiger partial charge in [-0.3, -0.25) is 4.79 Å². The monoisotopic (exact) mass is 271 g/mol. The van der Waals surface area contributed by atoms with E-state index in [2.05, 4.69) is 19.8 Å². The fraction of sp³-hybridized carbons (Fsp3) is 0.286. The summed E-state index contributed by atoms with van der Waals surface area (Å²) in [6.07, 6.45) is 1.45. The van der Waals surface area contributed by atoms with E-state index in [1.165, 1.54) is 12.0 Å². The first-order chi connectivity index (χ1) is 9.72. The highest BCUT2D eigenvalue weighted by atomic mass is 16.1. The molecular weight excluding hydrogens is 254 g/mol. The quantitative estimate of drug-likeness (QED) is 0.785. The van der Waals surface area contributed by atoms with Crippen LogP contribution < -0.4 is 21.1 Å². The zero-order valence-corrected chi connectivity index (χ0v) is 11.1. The topological polar surface area (TPSA) is 78.2 Å². The Labute approximate surface area is 116 Å². The number of hydrogen-bond acceptors (Lipinski definition) is 5. The molecule has 1 aliphatic rings. The minimum atomic E-state index is -0.115. The van der Waals surface area contributed by atoms with Crippen LogP contribution in [0.15, 0.2) is 41.5 Å². The fourth-order valence-corrected chi connectivity index (χ4v) is 2.41. The molecule has 0 spiro atoms. The Morgan fingerprint density at radius 3 is 2.35 bits per heavy atom. The molecule has 3 N–H and O–H groups in total. The van der Waals surface area contributed by atoms with Gasteiger partial charge in [0, 0.05) is 43.6 Å². The zero-order valence-electron chi connectivity index (χ0n) is 11.1. The van der Waals surface area contributed by atoms with Crippen LogP contribution in [0.5, 0.6) is 0 Å². The maximum Gasteiger partial charge on any atom is 0.252 e. The second kappa shape index (κ2) is 5.24. The number of piperazine rings is 1. The van der Waals surface area contributed by atoms with Gasteiger partial charge in [0.2, 0.25) is 0 Å². The molecule has 2 heterocycles. The molecule has 1 aromatic carbocycles. The van der Waals surface area contributed by atoms with Crippen LogP contribution in [-0.2, 0) is 0 Å². The Morgan fingerprint density at radius 1 is 1.05 bits per heavy atom. The van der Waals surface area contributed by atoms with Gasteiger partial charge in [-0.05, 0) is 24.3 Å². The lowest BCUT2D eigenvalue weighted by atomic mass is 10.2. The van der Waals surface area contributed by atoms with E-state index in [0.29, 0.717) is 0 Å². The predicted molar refractivity (Wildman–Crippen MR) is 80.1 cm³/mol. The van der Waals surface area contributed by atoms with Gasteiger partial charge >= 0.3 is 0 Å². The third kappa shape index (κ3) is 2.59. The van der Waals surface area contributed by atoms with Gasteiger partial charge in [-0.25, -0.2) is 4.98 Å². The van der Waals surface area contributed by atoms with E-state index in [-0.39, 0.29) is 5.56 Å². The summed E-state index contributed by atoms with van der Waals surface area (Å²) in [5.41, 5.74) is 7.54. The summed E-state index contributed by atoms with van der Waals surface area (Å²) in [6.45, 7) is 3.50. The van der Waals surface area contributed by atoms with Crippen molar-refractivity contribution < 1.29 is 0 Å². The molecule has 104 valence electrons. The lowest BCUT2D eigenvalue weighted by Crippen LogP contribution is -2.47. The number of aromatic nitrogens is 2. The van der Waals surface area contributed by atoms with Crippen LogP contribution in [0.2, 0.25) is 0 Å². The van der Waals surface area contributed by atoms with Gasteiger partial charge in [-0.1, -0.05) is 0 Å². The summed E-state index contributed by atoms with van der Waals surface area (Å²) in [6, 6.07) is 9.45. The van der Waals surface area contributed by atoms with Crippen molar-refractivity contribution in [2.24, 2.45) is 0 Å². The number of nitrogens with two attached hydrogens (primary N) is 1. The lowest BCUT2D eigenvalue weighted by Gasteiger charge is -2.36. The van der Waals surface area contributed by atoms with Crippen LogP contribution in [0.3, 0.4) is 0 Å². The number of benzene rings is 1. The van der Waals surface area contributed by atoms with E-state index in [0.717, 1.165) is 37.7 Å². The zero-order chi connectivity index (χ0) is 13.9. The van der Waals surface area contributed by atoms with Crippen molar-refractivity contribution in [3.05, 3.63) is 47.0 Å². The van der Waals surface area contributed by atoms with Crippen molar-refractivity contribution >= 4 is 17.2 Å². The largest absolute Gasteiger partial charge is 0.399 e. The van der Waals surface area contributed by atoms with Crippen LogP contribution in [0.4, 0.5) is 17.2 Å². The normalized spacial score (nSPS) is 15.4. The molecule has 0 radical (unpaired) electrons. The van der Waals surface area contributed by atoms with Crippen molar-refractivity contribution in [3.8, 4) is 0 Å². The number of nitrogen functional groups attached to an aromatic ring is 1. The van der Waals surface area contributed by atoms with E-state index in [4.69, 9.17) is 5.73 Å². The number of aromatic amines is 1. The third-order valence-corrected chi connectivity index (χ3v) is 3.53. The van der Waals surface area contributed by atoms with Gasteiger partial charge in [-0.15, -0.1) is 0 Å². The van der Waals surface area contributed by atoms with Crippen molar-refractivity contribution in [2.75, 3.05) is 41.7 Å². The average Bonchev–Trinajstić information content (AvgIpc) is 2.48. The minimum absolute atomic E-state index is 0.115. The molecule has 6 heteroatoms. The van der Waals surface area contributed by atoms with E-state index >= 15 is 0 Å². The molecule has 1 saturated heterocycles. The second-order valence-electron chi connectivity index (χ2n) is 4.83. The number of rotatable bonds is 2. The Morgan fingerprint density at radius 2 is 1.70 bits per heavy atom. The first kappa shape index (κ1) is 12.5. The number of nitrogens with zero attached hydrogens (tertiary/aromatic N) is 3. The van der Waals surface area contributed by atoms with Gasteiger partial charge in [0.1, 0.15) is 5.82 Å². The average molecular weight is 271 g/mol. The lowest BCUT2D eigenvalue weighted by molar-refractivity contribution is 0.646. The molecule has 1 aliphatic heterocycles. The van der Waals surface area contributed by atoms with Crippen molar-refractivity contribution in [2.45, 2.75) is 0 Å². The number of nitrogens with one attached hydrogen (secondary N) is 1. The standard InChI is InChI=1S/C14H17N5O/c15-11-1-3-12(4-2-11)18-5-7-19(8-6-18)13-9-14(20)17-10-16-13/h1-4,9-10H,5-8,15H2,(H,16,17,20). The molecule has 0 atom stereocenters. The number of anilines is 3. The molecule has 2 aromatic rings. The van der Waals surface area contributed by atoms with Gasteiger partial charge in [0.05, 0.1) is 6.33 Å². The third-order valence-electron chi connectivity index (χ3n) is 3.53. The molecule has 0 unspecified atom stereocenters. The molecule has 3 rings (SSSR count). The minimum Gasteiger partial charge on any atom is -0.399 e. The maximum atomic E-state index is 11.3. The molecule has 0 aliphatic carbocycles. The Bertz CT molecular complexity index is 629. The molecule has 1 aromatic heterocycles. The number of hydrogen-bond donors (Lipinski definition) is 2. The van der Waals surface area contributed by atoms with Crippen LogP contribution in [0, 0.1) is 0 Å². The molecule has 0 saturated carbocycles. The van der Waals surface area contributed by atoms with Crippen LogP contribution in [-0.4, -0.2) is 36.1 Å².